The van der Waals surface area contributed by atoms with Gasteiger partial charge in [0.15, 0.2) is 5.69 Å². The van der Waals surface area contributed by atoms with Crippen molar-refractivity contribution in [1.29, 1.82) is 0 Å². The molecular weight excluding hydrogens is 462 g/mol. The van der Waals surface area contributed by atoms with Crippen LogP contribution in [0.25, 0.3) is 0 Å². The highest BCUT2D eigenvalue weighted by Crippen LogP contribution is 2.37. The number of amides is 1. The maximum absolute atomic E-state index is 13.3. The molecule has 186 valence electrons. The molecule has 0 atom stereocenters. The van der Waals surface area contributed by atoms with Gasteiger partial charge in [0.25, 0.3) is 11.6 Å². The second-order valence-corrected chi connectivity index (χ2v) is 10.6. The Kier molecular flexibility index (Phi) is 7.61. The number of hydrogen-bond donors (Lipinski definition) is 0. The van der Waals surface area contributed by atoms with E-state index in [0.717, 1.165) is 25.3 Å². The number of ether oxygens (including phenoxy) is 1. The highest BCUT2D eigenvalue weighted by atomic mass is 32.2. The van der Waals surface area contributed by atoms with E-state index in [1.54, 1.807) is 18.9 Å². The van der Waals surface area contributed by atoms with Gasteiger partial charge in [0.2, 0.25) is 15.9 Å². The van der Waals surface area contributed by atoms with Gasteiger partial charge in [-0.05, 0) is 46.1 Å². The van der Waals surface area contributed by atoms with Crippen LogP contribution in [0.2, 0.25) is 0 Å². The summed E-state index contributed by atoms with van der Waals surface area (Å²) in [4.78, 5) is 24.9. The number of nitrogens with zero attached hydrogens (tertiary/aromatic N) is 5. The van der Waals surface area contributed by atoms with Gasteiger partial charge < -0.3 is 9.64 Å². The molecule has 1 saturated heterocycles. The van der Waals surface area contributed by atoms with Crippen molar-refractivity contribution in [2.24, 2.45) is 0 Å². The Labute approximate surface area is 199 Å². The fourth-order valence-corrected chi connectivity index (χ4v) is 5.51. The first-order valence-electron chi connectivity index (χ1n) is 11.3. The minimum atomic E-state index is -4.02. The second-order valence-electron chi connectivity index (χ2n) is 8.65. The molecule has 3 rings (SSSR count). The van der Waals surface area contributed by atoms with E-state index in [1.807, 2.05) is 20.8 Å². The third-order valence-electron chi connectivity index (χ3n) is 5.72. The Hall–Kier alpha value is -2.99. The maximum atomic E-state index is 13.3. The van der Waals surface area contributed by atoms with Crippen LogP contribution in [0.15, 0.2) is 23.1 Å². The quantitative estimate of drug-likeness (QED) is 0.384. The van der Waals surface area contributed by atoms with Crippen LogP contribution in [-0.4, -0.2) is 64.9 Å². The zero-order valence-electron chi connectivity index (χ0n) is 20.1. The van der Waals surface area contributed by atoms with Crippen molar-refractivity contribution in [3.63, 3.8) is 0 Å². The minimum Gasteiger partial charge on any atom is -0.438 e. The van der Waals surface area contributed by atoms with Gasteiger partial charge in [-0.3, -0.25) is 14.9 Å². The van der Waals surface area contributed by atoms with Gasteiger partial charge in [-0.15, -0.1) is 0 Å². The summed E-state index contributed by atoms with van der Waals surface area (Å²) >= 11 is 0. The van der Waals surface area contributed by atoms with Crippen molar-refractivity contribution in [2.45, 2.75) is 57.9 Å². The van der Waals surface area contributed by atoms with Gasteiger partial charge in [0, 0.05) is 44.4 Å². The molecule has 1 amide bonds. The predicted octanol–water partition coefficient (Wildman–Crippen LogP) is 3.74. The van der Waals surface area contributed by atoms with Crippen molar-refractivity contribution >= 4 is 21.6 Å². The summed E-state index contributed by atoms with van der Waals surface area (Å²) in [6.07, 6.45) is 2.23. The van der Waals surface area contributed by atoms with Crippen molar-refractivity contribution in [3.05, 3.63) is 39.6 Å². The van der Waals surface area contributed by atoms with Gasteiger partial charge in [-0.2, -0.15) is 9.40 Å². The molecule has 0 N–H and O–H groups in total. The van der Waals surface area contributed by atoms with Gasteiger partial charge >= 0.3 is 0 Å². The molecule has 1 aromatic heterocycles. The summed E-state index contributed by atoms with van der Waals surface area (Å²) in [5.41, 5.74) is 0.325. The summed E-state index contributed by atoms with van der Waals surface area (Å²) in [5.74, 6) is -0.101. The zero-order valence-corrected chi connectivity index (χ0v) is 21.0. The Morgan fingerprint density at radius 2 is 1.94 bits per heavy atom. The van der Waals surface area contributed by atoms with E-state index in [4.69, 9.17) is 4.74 Å². The molecule has 1 aliphatic heterocycles. The number of nitro groups is 1. The van der Waals surface area contributed by atoms with Crippen LogP contribution in [0.5, 0.6) is 11.6 Å². The highest BCUT2D eigenvalue weighted by Gasteiger charge is 2.33. The average molecular weight is 494 g/mol. The lowest BCUT2D eigenvalue weighted by Crippen LogP contribution is -2.28. The van der Waals surface area contributed by atoms with Crippen LogP contribution in [0.4, 0.5) is 5.69 Å². The number of carbonyl (C=O) groups is 1. The third-order valence-corrected chi connectivity index (χ3v) is 7.64. The van der Waals surface area contributed by atoms with E-state index >= 15 is 0 Å². The fourth-order valence-electron chi connectivity index (χ4n) is 3.86. The Morgan fingerprint density at radius 1 is 1.29 bits per heavy atom. The zero-order chi connectivity index (χ0) is 25.2. The molecule has 0 saturated carbocycles. The van der Waals surface area contributed by atoms with Crippen molar-refractivity contribution in [3.8, 4) is 11.6 Å². The van der Waals surface area contributed by atoms with E-state index in [0.29, 0.717) is 25.2 Å². The van der Waals surface area contributed by atoms with E-state index in [1.165, 1.54) is 21.1 Å². The summed E-state index contributed by atoms with van der Waals surface area (Å²) in [6, 6.07) is 3.31. The Balaban J connectivity index is 2.12. The molecule has 12 heteroatoms. The summed E-state index contributed by atoms with van der Waals surface area (Å²) in [6.45, 7) is 8.63. The van der Waals surface area contributed by atoms with Crippen molar-refractivity contribution < 1.29 is 22.9 Å². The molecule has 34 heavy (non-hydrogen) atoms. The Morgan fingerprint density at radius 3 is 2.50 bits per heavy atom. The monoisotopic (exact) mass is 493 g/mol. The van der Waals surface area contributed by atoms with Crippen LogP contribution in [-0.2, 0) is 10.0 Å². The van der Waals surface area contributed by atoms with Crippen LogP contribution < -0.4 is 4.74 Å². The first-order chi connectivity index (χ1) is 16.0. The molecule has 0 spiro atoms. The summed E-state index contributed by atoms with van der Waals surface area (Å²) < 4.78 is 35.6. The molecule has 0 radical (unpaired) electrons. The van der Waals surface area contributed by atoms with Crippen LogP contribution in [0.1, 0.15) is 62.1 Å². The second kappa shape index (κ2) is 10.1. The predicted molar refractivity (Wildman–Crippen MR) is 126 cm³/mol. The molecular formula is C22H31N5O6S. The average Bonchev–Trinajstić information content (AvgIpc) is 3.43. The smallest absolute Gasteiger partial charge is 0.274 e. The standard InChI is InChI=1S/C22H31N5O6S/c1-6-11-24(5)21(28)20-16(4)22(26(23-20)15(2)3)33-18-10-9-17(27(29)30)14-19(18)34(31,32)25-12-7-8-13-25/h9-10,14-15H,6-8,11-13H2,1-5H3. The maximum Gasteiger partial charge on any atom is 0.274 e. The normalized spacial score (nSPS) is 14.5. The first-order valence-corrected chi connectivity index (χ1v) is 12.7. The largest absolute Gasteiger partial charge is 0.438 e. The van der Waals surface area contributed by atoms with Gasteiger partial charge in [0.1, 0.15) is 10.6 Å². The van der Waals surface area contributed by atoms with Gasteiger partial charge in [-0.1, -0.05) is 6.92 Å². The van der Waals surface area contributed by atoms with E-state index < -0.39 is 14.9 Å². The molecule has 0 aliphatic carbocycles. The molecule has 2 heterocycles. The van der Waals surface area contributed by atoms with Crippen LogP contribution in [0, 0.1) is 17.0 Å². The number of nitro benzene ring substituents is 1. The van der Waals surface area contributed by atoms with Crippen LogP contribution in [0.3, 0.4) is 0 Å². The number of benzene rings is 1. The lowest BCUT2D eigenvalue weighted by molar-refractivity contribution is -0.385. The molecule has 11 nitrogen and oxygen atoms in total. The number of hydrogen-bond acceptors (Lipinski definition) is 7. The van der Waals surface area contributed by atoms with E-state index in [-0.39, 0.29) is 39.9 Å². The minimum absolute atomic E-state index is 0.0525. The summed E-state index contributed by atoms with van der Waals surface area (Å²) in [7, 11) is -2.33. The number of non-ortho nitro benzene ring substituents is 1. The van der Waals surface area contributed by atoms with Crippen molar-refractivity contribution in [1.82, 2.24) is 19.0 Å². The Bertz CT molecular complexity index is 1180. The fraction of sp³-hybridized carbons (Fsp3) is 0.545. The molecule has 1 fully saturated rings. The van der Waals surface area contributed by atoms with Gasteiger partial charge in [-0.25, -0.2) is 13.1 Å². The van der Waals surface area contributed by atoms with Crippen molar-refractivity contribution in [2.75, 3.05) is 26.7 Å². The number of aromatic nitrogens is 2. The number of carbonyl (C=O) groups excluding carboxylic acids is 1. The van der Waals surface area contributed by atoms with E-state index in [2.05, 4.69) is 5.10 Å². The topological polar surface area (TPSA) is 128 Å². The van der Waals surface area contributed by atoms with Gasteiger partial charge in [0.05, 0.1) is 11.0 Å². The van der Waals surface area contributed by atoms with E-state index in [9.17, 15) is 23.3 Å². The number of rotatable bonds is 9. The lowest BCUT2D eigenvalue weighted by Gasteiger charge is -2.19. The SMILES string of the molecule is CCCN(C)C(=O)c1nn(C(C)C)c(Oc2ccc([N+](=O)[O-])cc2S(=O)(=O)N2CCCC2)c1C. The summed E-state index contributed by atoms with van der Waals surface area (Å²) in [5, 5.41) is 15.8. The lowest BCUT2D eigenvalue weighted by atomic mass is 10.2. The third kappa shape index (κ3) is 4.92. The molecule has 0 bridgehead atoms. The first kappa shape index (κ1) is 25.6. The molecule has 2 aromatic rings. The van der Waals surface area contributed by atoms with Crippen LogP contribution >= 0.6 is 0 Å². The molecule has 0 unspecified atom stereocenters. The molecule has 1 aliphatic rings. The number of sulfonamides is 1. The molecule has 1 aromatic carbocycles. The highest BCUT2D eigenvalue weighted by molar-refractivity contribution is 7.89.